The minimum absolute atomic E-state index is 0.382. The Morgan fingerprint density at radius 3 is 2.77 bits per heavy atom. The first-order valence-corrected chi connectivity index (χ1v) is 4.53. The summed E-state index contributed by atoms with van der Waals surface area (Å²) in [7, 11) is -1.47. The molecule has 0 atom stereocenters. The minimum Gasteiger partial charge on any atom is -0.423 e. The Morgan fingerprint density at radius 2 is 2.23 bits per heavy atom. The van der Waals surface area contributed by atoms with Gasteiger partial charge in [-0.25, -0.2) is 4.98 Å². The van der Waals surface area contributed by atoms with Gasteiger partial charge in [-0.1, -0.05) is 31.0 Å². The van der Waals surface area contributed by atoms with Crippen LogP contribution in [0.3, 0.4) is 0 Å². The molecule has 0 aliphatic rings. The lowest BCUT2D eigenvalue weighted by Gasteiger charge is -2.04. The van der Waals surface area contributed by atoms with Gasteiger partial charge in [0.1, 0.15) is 5.15 Å². The smallest absolute Gasteiger partial charge is 0.423 e. The van der Waals surface area contributed by atoms with Crippen LogP contribution in [-0.2, 0) is 6.42 Å². The van der Waals surface area contributed by atoms with Crippen LogP contribution >= 0.6 is 11.6 Å². The molecule has 1 rings (SSSR count). The van der Waals surface area contributed by atoms with Crippen molar-refractivity contribution in [2.24, 2.45) is 0 Å². The highest BCUT2D eigenvalue weighted by Crippen LogP contribution is 2.12. The summed E-state index contributed by atoms with van der Waals surface area (Å²) >= 11 is 5.81. The molecule has 1 aromatic heterocycles. The van der Waals surface area contributed by atoms with Gasteiger partial charge in [-0.05, 0) is 12.0 Å². The number of aromatic nitrogens is 1. The first-order valence-electron chi connectivity index (χ1n) is 4.15. The van der Waals surface area contributed by atoms with Crippen LogP contribution in [0.25, 0.3) is 0 Å². The summed E-state index contributed by atoms with van der Waals surface area (Å²) in [6, 6.07) is 1.67. The molecule has 0 aliphatic heterocycles. The highest BCUT2D eigenvalue weighted by molar-refractivity contribution is 6.58. The molecule has 0 aromatic carbocycles. The Bertz CT molecular complexity index is 293. The molecule has 3 nitrogen and oxygen atoms in total. The SMILES string of the molecule is CCCc1cc(B(O)O)cnc1Cl. The maximum absolute atomic E-state index is 8.88. The van der Waals surface area contributed by atoms with Gasteiger partial charge < -0.3 is 10.0 Å². The van der Waals surface area contributed by atoms with Crippen molar-refractivity contribution < 1.29 is 10.0 Å². The Balaban J connectivity index is 2.97. The zero-order valence-corrected chi connectivity index (χ0v) is 8.12. The van der Waals surface area contributed by atoms with Crippen molar-refractivity contribution in [3.8, 4) is 0 Å². The van der Waals surface area contributed by atoms with Crippen LogP contribution in [0.1, 0.15) is 18.9 Å². The minimum atomic E-state index is -1.47. The second-order valence-electron chi connectivity index (χ2n) is 2.84. The molecule has 1 aromatic rings. The molecule has 2 N–H and O–H groups in total. The van der Waals surface area contributed by atoms with Crippen LogP contribution < -0.4 is 5.46 Å². The van der Waals surface area contributed by atoms with Crippen LogP contribution in [0.4, 0.5) is 0 Å². The summed E-state index contributed by atoms with van der Waals surface area (Å²) in [6.07, 6.45) is 3.12. The van der Waals surface area contributed by atoms with E-state index in [4.69, 9.17) is 21.6 Å². The number of rotatable bonds is 3. The van der Waals surface area contributed by atoms with E-state index < -0.39 is 7.12 Å². The van der Waals surface area contributed by atoms with Gasteiger partial charge in [0.25, 0.3) is 0 Å². The second-order valence-corrected chi connectivity index (χ2v) is 3.20. The van der Waals surface area contributed by atoms with Gasteiger partial charge in [0.2, 0.25) is 0 Å². The predicted molar refractivity (Wildman–Crippen MR) is 53.1 cm³/mol. The van der Waals surface area contributed by atoms with E-state index in [0.29, 0.717) is 10.6 Å². The van der Waals surface area contributed by atoms with Crippen molar-refractivity contribution in [1.29, 1.82) is 0 Å². The normalized spacial score (nSPS) is 10.2. The lowest BCUT2D eigenvalue weighted by molar-refractivity contribution is 0.425. The summed E-state index contributed by atoms with van der Waals surface area (Å²) in [5.74, 6) is 0. The van der Waals surface area contributed by atoms with Crippen molar-refractivity contribution in [2.45, 2.75) is 19.8 Å². The molecule has 0 fully saturated rings. The number of halogens is 1. The van der Waals surface area contributed by atoms with Gasteiger partial charge in [0, 0.05) is 11.7 Å². The Kier molecular flexibility index (Phi) is 3.72. The van der Waals surface area contributed by atoms with Crippen LogP contribution in [0.15, 0.2) is 12.3 Å². The summed E-state index contributed by atoms with van der Waals surface area (Å²) in [6.45, 7) is 2.03. The lowest BCUT2D eigenvalue weighted by atomic mass is 9.81. The van der Waals surface area contributed by atoms with Gasteiger partial charge >= 0.3 is 7.12 Å². The van der Waals surface area contributed by atoms with Crippen molar-refractivity contribution in [3.63, 3.8) is 0 Å². The van der Waals surface area contributed by atoms with Crippen molar-refractivity contribution in [2.75, 3.05) is 0 Å². The fourth-order valence-electron chi connectivity index (χ4n) is 1.10. The molecular formula is C8H11BClNO2. The third kappa shape index (κ3) is 2.69. The van der Waals surface area contributed by atoms with E-state index in [0.717, 1.165) is 18.4 Å². The van der Waals surface area contributed by atoms with Crippen molar-refractivity contribution in [3.05, 3.63) is 23.0 Å². The summed E-state index contributed by atoms with van der Waals surface area (Å²) in [5.41, 5.74) is 1.24. The molecule has 13 heavy (non-hydrogen) atoms. The molecule has 5 heteroatoms. The molecular weight excluding hydrogens is 188 g/mol. The van der Waals surface area contributed by atoms with Gasteiger partial charge in [0.05, 0.1) is 0 Å². The largest absolute Gasteiger partial charge is 0.490 e. The molecule has 0 saturated carbocycles. The van der Waals surface area contributed by atoms with E-state index in [1.54, 1.807) is 6.07 Å². The standard InChI is InChI=1S/C8H11BClNO2/c1-2-3-6-4-7(9(12)13)5-11-8(6)10/h4-5,12-13H,2-3H2,1H3. The average molecular weight is 199 g/mol. The zero-order chi connectivity index (χ0) is 9.84. The fourth-order valence-corrected chi connectivity index (χ4v) is 1.30. The maximum Gasteiger partial charge on any atom is 0.490 e. The number of pyridine rings is 1. The van der Waals surface area contributed by atoms with E-state index in [1.807, 2.05) is 6.92 Å². The Hall–Kier alpha value is -0.575. The Labute approximate surface area is 82.5 Å². The number of hydrogen-bond donors (Lipinski definition) is 2. The molecule has 0 aliphatic carbocycles. The average Bonchev–Trinajstić information content (AvgIpc) is 2.08. The quantitative estimate of drug-likeness (QED) is 0.546. The molecule has 0 amide bonds. The lowest BCUT2D eigenvalue weighted by Crippen LogP contribution is -2.30. The number of nitrogens with zero attached hydrogens (tertiary/aromatic N) is 1. The Morgan fingerprint density at radius 1 is 1.54 bits per heavy atom. The highest BCUT2D eigenvalue weighted by Gasteiger charge is 2.13. The van der Waals surface area contributed by atoms with Crippen LogP contribution in [0.2, 0.25) is 5.15 Å². The monoisotopic (exact) mass is 199 g/mol. The van der Waals surface area contributed by atoms with Gasteiger partial charge in [-0.15, -0.1) is 0 Å². The van der Waals surface area contributed by atoms with E-state index >= 15 is 0 Å². The second kappa shape index (κ2) is 4.60. The molecule has 70 valence electrons. The van der Waals surface area contributed by atoms with E-state index in [1.165, 1.54) is 6.20 Å². The first kappa shape index (κ1) is 10.5. The molecule has 1 heterocycles. The van der Waals surface area contributed by atoms with Gasteiger partial charge in [0.15, 0.2) is 0 Å². The van der Waals surface area contributed by atoms with E-state index in [-0.39, 0.29) is 0 Å². The van der Waals surface area contributed by atoms with Gasteiger partial charge in [-0.3, -0.25) is 0 Å². The topological polar surface area (TPSA) is 53.4 Å². The maximum atomic E-state index is 8.88. The third-order valence-corrected chi connectivity index (χ3v) is 2.09. The first-order chi connectivity index (χ1) is 6.15. The molecule has 0 saturated heterocycles. The molecule has 0 unspecified atom stereocenters. The molecule has 0 spiro atoms. The fraction of sp³-hybridized carbons (Fsp3) is 0.375. The third-order valence-electron chi connectivity index (χ3n) is 1.75. The van der Waals surface area contributed by atoms with E-state index in [2.05, 4.69) is 4.98 Å². The molecule has 0 radical (unpaired) electrons. The van der Waals surface area contributed by atoms with Crippen LogP contribution in [0, 0.1) is 0 Å². The predicted octanol–water partition coefficient (Wildman–Crippen LogP) is 0.367. The van der Waals surface area contributed by atoms with Gasteiger partial charge in [-0.2, -0.15) is 0 Å². The van der Waals surface area contributed by atoms with Crippen molar-refractivity contribution in [1.82, 2.24) is 4.98 Å². The summed E-state index contributed by atoms with van der Waals surface area (Å²) in [5, 5.41) is 18.2. The summed E-state index contributed by atoms with van der Waals surface area (Å²) < 4.78 is 0. The number of hydrogen-bond acceptors (Lipinski definition) is 3. The van der Waals surface area contributed by atoms with Crippen LogP contribution in [0.5, 0.6) is 0 Å². The summed E-state index contributed by atoms with van der Waals surface area (Å²) in [4.78, 5) is 3.86. The van der Waals surface area contributed by atoms with Crippen molar-refractivity contribution >= 4 is 24.2 Å². The molecule has 0 bridgehead atoms. The zero-order valence-electron chi connectivity index (χ0n) is 7.37. The van der Waals surface area contributed by atoms with Crippen LogP contribution in [-0.4, -0.2) is 22.2 Å². The van der Waals surface area contributed by atoms with E-state index in [9.17, 15) is 0 Å². The highest BCUT2D eigenvalue weighted by atomic mass is 35.5. The number of aryl methyl sites for hydroxylation is 1.